The number of nitrogens with one attached hydrogen (secondary N) is 1. The number of piperazine rings is 1. The molecule has 2 saturated heterocycles. The molecule has 0 saturated carbocycles. The molecular weight excluding hydrogens is 444 g/mol. The van der Waals surface area contributed by atoms with Crippen LogP contribution in [0.25, 0.3) is 0 Å². The summed E-state index contributed by atoms with van der Waals surface area (Å²) < 4.78 is 0. The molecule has 0 spiro atoms. The molecule has 0 bridgehead atoms. The van der Waals surface area contributed by atoms with Gasteiger partial charge >= 0.3 is 0 Å². The van der Waals surface area contributed by atoms with E-state index < -0.39 is 0 Å². The number of benzene rings is 1. The summed E-state index contributed by atoms with van der Waals surface area (Å²) in [6.45, 7) is 15.4. The molecule has 3 heterocycles. The van der Waals surface area contributed by atoms with Crippen LogP contribution in [0.3, 0.4) is 0 Å². The van der Waals surface area contributed by atoms with E-state index in [0.29, 0.717) is 24.5 Å². The molecule has 5 heteroatoms. The molecule has 1 N–H and O–H groups in total. The Morgan fingerprint density at radius 1 is 1.00 bits per heavy atom. The topological polar surface area (TPSA) is 38.8 Å². The monoisotopic (exact) mass is 496 g/mol. The predicted molar refractivity (Wildman–Crippen MR) is 152 cm³/mol. The van der Waals surface area contributed by atoms with E-state index in [0.717, 1.165) is 19.5 Å². The minimum atomic E-state index is 0.208. The fourth-order valence-electron chi connectivity index (χ4n) is 6.03. The molecule has 4 unspecified atom stereocenters. The highest BCUT2D eigenvalue weighted by atomic mass is 16.2. The zero-order valence-corrected chi connectivity index (χ0v) is 23.9. The van der Waals surface area contributed by atoms with Crippen LogP contribution in [-0.2, 0) is 4.79 Å². The Morgan fingerprint density at radius 2 is 1.69 bits per heavy atom. The maximum absolute atomic E-state index is 13.4. The number of hydrazine groups is 1. The van der Waals surface area contributed by atoms with Crippen molar-refractivity contribution in [3.63, 3.8) is 0 Å². The Bertz CT molecular complexity index is 835. The summed E-state index contributed by atoms with van der Waals surface area (Å²) in [4.78, 5) is 18.1. The molecule has 0 radical (unpaired) electrons. The lowest BCUT2D eigenvalue weighted by Gasteiger charge is -2.46. The van der Waals surface area contributed by atoms with Crippen LogP contribution in [-0.4, -0.2) is 58.5 Å². The van der Waals surface area contributed by atoms with Gasteiger partial charge in [0.25, 0.3) is 0 Å². The third-order valence-electron chi connectivity index (χ3n) is 8.18. The van der Waals surface area contributed by atoms with Gasteiger partial charge in [-0.25, -0.2) is 5.43 Å². The Morgan fingerprint density at radius 3 is 2.39 bits per heavy atom. The van der Waals surface area contributed by atoms with Crippen LogP contribution in [0.4, 0.5) is 0 Å². The number of aryl methyl sites for hydroxylation is 1. The van der Waals surface area contributed by atoms with E-state index in [9.17, 15) is 4.79 Å². The second kappa shape index (κ2) is 14.2. The molecule has 3 aliphatic rings. The maximum atomic E-state index is 13.4. The van der Waals surface area contributed by atoms with E-state index >= 15 is 0 Å². The lowest BCUT2D eigenvalue weighted by Crippen LogP contribution is -2.59. The number of carbonyl (C=O) groups excluding carboxylic acids is 1. The first-order valence-electron chi connectivity index (χ1n) is 14.9. The van der Waals surface area contributed by atoms with E-state index in [-0.39, 0.29) is 12.1 Å². The first kappa shape index (κ1) is 28.7. The van der Waals surface area contributed by atoms with Crippen molar-refractivity contribution in [3.8, 4) is 0 Å². The van der Waals surface area contributed by atoms with E-state index in [1.54, 1.807) is 0 Å². The van der Waals surface area contributed by atoms with Crippen molar-refractivity contribution < 1.29 is 4.79 Å². The summed E-state index contributed by atoms with van der Waals surface area (Å²) in [6, 6.07) is 10.2. The molecule has 4 rings (SSSR count). The van der Waals surface area contributed by atoms with Crippen molar-refractivity contribution in [2.75, 3.05) is 19.6 Å². The van der Waals surface area contributed by atoms with Gasteiger partial charge in [-0.15, -0.1) is 0 Å². The molecule has 36 heavy (non-hydrogen) atoms. The summed E-state index contributed by atoms with van der Waals surface area (Å²) in [5, 5.41) is 2.45. The molecule has 3 aliphatic heterocycles. The van der Waals surface area contributed by atoms with Gasteiger partial charge in [0.2, 0.25) is 5.91 Å². The van der Waals surface area contributed by atoms with E-state index in [1.165, 1.54) is 68.2 Å². The molecular formula is C31H52N4O. The smallest absolute Gasteiger partial charge is 0.237 e. The highest BCUT2D eigenvalue weighted by Gasteiger charge is 2.41. The summed E-state index contributed by atoms with van der Waals surface area (Å²) in [6.07, 6.45) is 13.3. The average Bonchev–Trinajstić information content (AvgIpc) is 3.55. The van der Waals surface area contributed by atoms with Crippen LogP contribution in [0, 0.1) is 6.92 Å². The van der Waals surface area contributed by atoms with Crippen LogP contribution in [0.2, 0.25) is 0 Å². The van der Waals surface area contributed by atoms with E-state index in [2.05, 4.69) is 78.3 Å². The van der Waals surface area contributed by atoms with Crippen molar-refractivity contribution in [1.29, 1.82) is 0 Å². The van der Waals surface area contributed by atoms with Gasteiger partial charge in [0.15, 0.2) is 0 Å². The quantitative estimate of drug-likeness (QED) is 0.370. The van der Waals surface area contributed by atoms with Crippen LogP contribution in [0.15, 0.2) is 36.0 Å². The fourth-order valence-corrected chi connectivity index (χ4v) is 6.03. The van der Waals surface area contributed by atoms with Crippen LogP contribution >= 0.6 is 0 Å². The lowest BCUT2D eigenvalue weighted by atomic mass is 9.99. The van der Waals surface area contributed by atoms with Gasteiger partial charge in [-0.2, -0.15) is 0 Å². The standard InChI is InChI=1S/C29H46N4O.C2H6/c1-5-7-9-12-26-20-31(21-29(34)32-18-10-13-25(32)11-8-6-2)23(4)28-19-27(30-33(26)28)24-16-14-22(3)15-17-24;1-2/h14-17,19,23,25-27,30H,5-13,18,20-21H2,1-4H3;1-2H3. The molecule has 1 aromatic rings. The minimum Gasteiger partial charge on any atom is -0.339 e. The van der Waals surface area contributed by atoms with Crippen molar-refractivity contribution in [3.05, 3.63) is 47.2 Å². The molecule has 1 amide bonds. The van der Waals surface area contributed by atoms with Gasteiger partial charge in [0.05, 0.1) is 18.6 Å². The predicted octanol–water partition coefficient (Wildman–Crippen LogP) is 6.60. The molecule has 2 fully saturated rings. The largest absolute Gasteiger partial charge is 0.339 e. The Kier molecular flexibility index (Phi) is 11.3. The molecule has 0 aromatic heterocycles. The number of amides is 1. The van der Waals surface area contributed by atoms with Gasteiger partial charge in [-0.1, -0.05) is 89.6 Å². The first-order chi connectivity index (χ1) is 17.5. The summed E-state index contributed by atoms with van der Waals surface area (Å²) in [5.41, 5.74) is 7.76. The maximum Gasteiger partial charge on any atom is 0.237 e. The molecule has 1 aromatic carbocycles. The van der Waals surface area contributed by atoms with Gasteiger partial charge in [0.1, 0.15) is 0 Å². The molecule has 202 valence electrons. The third kappa shape index (κ3) is 6.92. The van der Waals surface area contributed by atoms with Crippen molar-refractivity contribution >= 4 is 5.91 Å². The average molecular weight is 497 g/mol. The van der Waals surface area contributed by atoms with Crippen LogP contribution < -0.4 is 5.43 Å². The first-order valence-corrected chi connectivity index (χ1v) is 14.9. The number of fused-ring (bicyclic) bond motifs is 1. The number of hydrogen-bond acceptors (Lipinski definition) is 4. The van der Waals surface area contributed by atoms with Gasteiger partial charge < -0.3 is 9.91 Å². The van der Waals surface area contributed by atoms with Crippen LogP contribution in [0.5, 0.6) is 0 Å². The SMILES string of the molecule is CC.CCCCCC1CN(CC(=O)N2CCCC2CCCC)C(C)C2=CC(c3ccc(C)cc3)NN21. The number of likely N-dealkylation sites (tertiary alicyclic amines) is 1. The van der Waals surface area contributed by atoms with Gasteiger partial charge in [-0.05, 0) is 51.2 Å². The van der Waals surface area contributed by atoms with E-state index in [4.69, 9.17) is 0 Å². The Labute approximate surface area is 221 Å². The second-order valence-electron chi connectivity index (χ2n) is 10.8. The highest BCUT2D eigenvalue weighted by Crippen LogP contribution is 2.35. The van der Waals surface area contributed by atoms with Crippen molar-refractivity contribution in [2.45, 2.75) is 123 Å². The summed E-state index contributed by atoms with van der Waals surface area (Å²) in [5.74, 6) is 0.341. The minimum absolute atomic E-state index is 0.208. The lowest BCUT2D eigenvalue weighted by molar-refractivity contribution is -0.134. The number of carbonyl (C=O) groups is 1. The number of nitrogens with zero attached hydrogens (tertiary/aromatic N) is 3. The number of hydrogen-bond donors (Lipinski definition) is 1. The Hall–Kier alpha value is -1.85. The number of unbranched alkanes of at least 4 members (excludes halogenated alkanes) is 3. The molecule has 4 atom stereocenters. The summed E-state index contributed by atoms with van der Waals surface area (Å²) in [7, 11) is 0. The zero-order chi connectivity index (χ0) is 26.1. The molecule has 5 nitrogen and oxygen atoms in total. The second-order valence-corrected chi connectivity index (χ2v) is 10.8. The number of rotatable bonds is 10. The fraction of sp³-hybridized carbons (Fsp3) is 0.710. The zero-order valence-electron chi connectivity index (χ0n) is 23.9. The van der Waals surface area contributed by atoms with Crippen molar-refractivity contribution in [2.24, 2.45) is 0 Å². The normalized spacial score (nSPS) is 25.9. The summed E-state index contributed by atoms with van der Waals surface area (Å²) >= 11 is 0. The van der Waals surface area contributed by atoms with Gasteiger partial charge in [0, 0.05) is 30.9 Å². The van der Waals surface area contributed by atoms with E-state index in [1.807, 2.05) is 13.8 Å². The molecule has 0 aliphatic carbocycles. The van der Waals surface area contributed by atoms with Crippen LogP contribution in [0.1, 0.15) is 110 Å². The van der Waals surface area contributed by atoms with Crippen molar-refractivity contribution in [1.82, 2.24) is 20.2 Å². The highest BCUT2D eigenvalue weighted by molar-refractivity contribution is 5.79. The van der Waals surface area contributed by atoms with Gasteiger partial charge in [-0.3, -0.25) is 9.69 Å². The Balaban J connectivity index is 0.00000176. The third-order valence-corrected chi connectivity index (χ3v) is 8.18.